The van der Waals surface area contributed by atoms with E-state index >= 15 is 0 Å². The summed E-state index contributed by atoms with van der Waals surface area (Å²) in [6, 6.07) is 11.1. The first-order chi connectivity index (χ1) is 13.7. The van der Waals surface area contributed by atoms with Crippen LogP contribution < -0.4 is 19.2 Å². The van der Waals surface area contributed by atoms with Crippen LogP contribution in [0.2, 0.25) is 0 Å². The average Bonchev–Trinajstić information content (AvgIpc) is 2.69. The highest BCUT2D eigenvalue weighted by Crippen LogP contribution is 2.33. The molecule has 2 rings (SSSR count). The summed E-state index contributed by atoms with van der Waals surface area (Å²) < 4.78 is 35.8. The van der Waals surface area contributed by atoms with Crippen molar-refractivity contribution in [2.24, 2.45) is 5.10 Å². The fraction of sp³-hybridized carbons (Fsp3) is 0.263. The Kier molecular flexibility index (Phi) is 7.05. The van der Waals surface area contributed by atoms with E-state index in [1.807, 2.05) is 0 Å². The molecule has 156 valence electrons. The van der Waals surface area contributed by atoms with Crippen LogP contribution in [0.4, 0.5) is 5.69 Å². The third-order valence-electron chi connectivity index (χ3n) is 3.99. The van der Waals surface area contributed by atoms with Gasteiger partial charge in [0, 0.05) is 11.6 Å². The van der Waals surface area contributed by atoms with Gasteiger partial charge in [0.25, 0.3) is 5.91 Å². The molecule has 0 saturated carbocycles. The number of methoxy groups -OCH3 is 2. The van der Waals surface area contributed by atoms with Gasteiger partial charge in [-0.1, -0.05) is 12.1 Å². The molecule has 2 N–H and O–H groups in total. The van der Waals surface area contributed by atoms with Gasteiger partial charge in [-0.3, -0.25) is 9.10 Å². The molecule has 0 aliphatic heterocycles. The van der Waals surface area contributed by atoms with E-state index in [0.29, 0.717) is 17.0 Å². The molecule has 0 saturated heterocycles. The molecule has 9 nitrogen and oxygen atoms in total. The number of benzene rings is 2. The standard InChI is InChI=1S/C19H23N3O6S/c1-13(15-7-5-6-8-17(15)23)20-21-19(24)12-22(29(4,25)26)16-10-9-14(27-2)11-18(16)28-3/h5-11,23H,12H2,1-4H3,(H,21,24)/b20-13-. The van der Waals surface area contributed by atoms with Crippen LogP contribution in [-0.2, 0) is 14.8 Å². The fourth-order valence-corrected chi connectivity index (χ4v) is 3.38. The SMILES string of the molecule is COc1ccc(N(CC(=O)N/N=C(/C)c2ccccc2O)S(C)(=O)=O)c(OC)c1. The van der Waals surface area contributed by atoms with Crippen molar-refractivity contribution < 1.29 is 27.8 Å². The average molecular weight is 421 g/mol. The summed E-state index contributed by atoms with van der Waals surface area (Å²) in [4.78, 5) is 12.4. The van der Waals surface area contributed by atoms with Gasteiger partial charge in [-0.25, -0.2) is 13.8 Å². The molecule has 0 heterocycles. The van der Waals surface area contributed by atoms with E-state index in [9.17, 15) is 18.3 Å². The molecule has 1 amide bonds. The number of para-hydroxylation sites is 1. The normalized spacial score (nSPS) is 11.7. The molecule has 2 aromatic rings. The summed E-state index contributed by atoms with van der Waals surface area (Å²) in [5.74, 6) is 0.0645. The van der Waals surface area contributed by atoms with Gasteiger partial charge in [0.1, 0.15) is 23.8 Å². The molecule has 2 aromatic carbocycles. The Labute approximate surface area is 169 Å². The predicted octanol–water partition coefficient (Wildman–Crippen LogP) is 1.72. The number of phenolic OH excluding ortho intramolecular Hbond substituents is 1. The number of phenols is 1. The van der Waals surface area contributed by atoms with E-state index in [0.717, 1.165) is 10.6 Å². The fourth-order valence-electron chi connectivity index (χ4n) is 2.52. The molecule has 0 radical (unpaired) electrons. The summed E-state index contributed by atoms with van der Waals surface area (Å²) in [5, 5.41) is 13.8. The number of nitrogens with zero attached hydrogens (tertiary/aromatic N) is 2. The summed E-state index contributed by atoms with van der Waals surface area (Å²) in [7, 11) is -0.938. The van der Waals surface area contributed by atoms with Crippen LogP contribution in [0.3, 0.4) is 0 Å². The zero-order valence-corrected chi connectivity index (χ0v) is 17.4. The van der Waals surface area contributed by atoms with Crippen molar-refractivity contribution in [3.63, 3.8) is 0 Å². The van der Waals surface area contributed by atoms with Crippen LogP contribution in [0.1, 0.15) is 12.5 Å². The molecule has 0 aromatic heterocycles. The van der Waals surface area contributed by atoms with Gasteiger partial charge in [0.2, 0.25) is 10.0 Å². The quantitative estimate of drug-likeness (QED) is 0.495. The number of ether oxygens (including phenoxy) is 2. The second-order valence-corrected chi connectivity index (χ2v) is 7.96. The molecular formula is C19H23N3O6S. The molecular weight excluding hydrogens is 398 g/mol. The lowest BCUT2D eigenvalue weighted by Gasteiger charge is -2.23. The Hall–Kier alpha value is -3.27. The maximum absolute atomic E-state index is 12.4. The van der Waals surface area contributed by atoms with E-state index in [1.165, 1.54) is 32.4 Å². The monoisotopic (exact) mass is 421 g/mol. The summed E-state index contributed by atoms with van der Waals surface area (Å²) >= 11 is 0. The third-order valence-corrected chi connectivity index (χ3v) is 5.11. The van der Waals surface area contributed by atoms with E-state index in [1.54, 1.807) is 31.2 Å². The Morgan fingerprint density at radius 3 is 2.45 bits per heavy atom. The minimum atomic E-state index is -3.80. The number of hydrogen-bond acceptors (Lipinski definition) is 7. The van der Waals surface area contributed by atoms with Gasteiger partial charge in [-0.2, -0.15) is 5.10 Å². The van der Waals surface area contributed by atoms with Crippen molar-refractivity contribution in [3.05, 3.63) is 48.0 Å². The van der Waals surface area contributed by atoms with Crippen molar-refractivity contribution >= 4 is 27.3 Å². The second-order valence-electron chi connectivity index (χ2n) is 6.06. The minimum absolute atomic E-state index is 0.0173. The van der Waals surface area contributed by atoms with Gasteiger partial charge in [-0.15, -0.1) is 0 Å². The van der Waals surface area contributed by atoms with Crippen molar-refractivity contribution in [1.82, 2.24) is 5.43 Å². The van der Waals surface area contributed by atoms with Crippen molar-refractivity contribution in [3.8, 4) is 17.2 Å². The molecule has 0 unspecified atom stereocenters. The maximum atomic E-state index is 12.4. The Morgan fingerprint density at radius 1 is 1.17 bits per heavy atom. The number of carbonyl (C=O) groups is 1. The van der Waals surface area contributed by atoms with Crippen LogP contribution in [0, 0.1) is 0 Å². The van der Waals surface area contributed by atoms with Gasteiger partial charge < -0.3 is 14.6 Å². The van der Waals surface area contributed by atoms with Gasteiger partial charge in [0.05, 0.1) is 31.9 Å². The lowest BCUT2D eigenvalue weighted by molar-refractivity contribution is -0.119. The first kappa shape index (κ1) is 22.0. The number of nitrogens with one attached hydrogen (secondary N) is 1. The number of amides is 1. The second kappa shape index (κ2) is 9.28. The zero-order chi connectivity index (χ0) is 21.6. The molecule has 10 heteroatoms. The number of hydrogen-bond donors (Lipinski definition) is 2. The Morgan fingerprint density at radius 2 is 1.86 bits per heavy atom. The highest BCUT2D eigenvalue weighted by Gasteiger charge is 2.24. The largest absolute Gasteiger partial charge is 0.507 e. The predicted molar refractivity (Wildman–Crippen MR) is 110 cm³/mol. The number of aromatic hydroxyl groups is 1. The van der Waals surface area contributed by atoms with Crippen molar-refractivity contribution in [1.29, 1.82) is 0 Å². The van der Waals surface area contributed by atoms with Crippen LogP contribution in [0.25, 0.3) is 0 Å². The van der Waals surface area contributed by atoms with E-state index in [4.69, 9.17) is 9.47 Å². The molecule has 0 aliphatic rings. The number of hydrazone groups is 1. The molecule has 0 spiro atoms. The van der Waals surface area contributed by atoms with Crippen LogP contribution in [-0.4, -0.2) is 52.2 Å². The first-order valence-electron chi connectivity index (χ1n) is 8.48. The van der Waals surface area contributed by atoms with Crippen LogP contribution >= 0.6 is 0 Å². The summed E-state index contributed by atoms with van der Waals surface area (Å²) in [6.45, 7) is 1.09. The lowest BCUT2D eigenvalue weighted by atomic mass is 10.1. The van der Waals surface area contributed by atoms with Crippen LogP contribution in [0.15, 0.2) is 47.6 Å². The highest BCUT2D eigenvalue weighted by atomic mass is 32.2. The Bertz CT molecular complexity index is 1020. The molecule has 0 aliphatic carbocycles. The van der Waals surface area contributed by atoms with E-state index in [2.05, 4.69) is 10.5 Å². The number of carbonyl (C=O) groups excluding carboxylic acids is 1. The highest BCUT2D eigenvalue weighted by molar-refractivity contribution is 7.92. The lowest BCUT2D eigenvalue weighted by Crippen LogP contribution is -2.39. The van der Waals surface area contributed by atoms with Gasteiger partial charge in [0.15, 0.2) is 0 Å². The minimum Gasteiger partial charge on any atom is -0.507 e. The number of anilines is 1. The Balaban J connectivity index is 2.25. The number of rotatable bonds is 8. The van der Waals surface area contributed by atoms with Gasteiger partial charge >= 0.3 is 0 Å². The molecule has 29 heavy (non-hydrogen) atoms. The van der Waals surface area contributed by atoms with Gasteiger partial charge in [-0.05, 0) is 31.2 Å². The van der Waals surface area contributed by atoms with E-state index < -0.39 is 22.5 Å². The van der Waals surface area contributed by atoms with Crippen molar-refractivity contribution in [2.75, 3.05) is 31.3 Å². The maximum Gasteiger partial charge on any atom is 0.260 e. The number of sulfonamides is 1. The molecule has 0 bridgehead atoms. The summed E-state index contributed by atoms with van der Waals surface area (Å²) in [5.41, 5.74) is 3.31. The van der Waals surface area contributed by atoms with Crippen molar-refractivity contribution in [2.45, 2.75) is 6.92 Å². The summed E-state index contributed by atoms with van der Waals surface area (Å²) in [6.07, 6.45) is 0.987. The molecule has 0 atom stereocenters. The zero-order valence-electron chi connectivity index (χ0n) is 16.5. The van der Waals surface area contributed by atoms with E-state index in [-0.39, 0.29) is 17.2 Å². The molecule has 0 fully saturated rings. The smallest absolute Gasteiger partial charge is 0.260 e. The third kappa shape index (κ3) is 5.61. The first-order valence-corrected chi connectivity index (χ1v) is 10.3. The van der Waals surface area contributed by atoms with Crippen LogP contribution in [0.5, 0.6) is 17.2 Å². The topological polar surface area (TPSA) is 118 Å².